The minimum atomic E-state index is -0.649. The lowest BCUT2D eigenvalue weighted by molar-refractivity contribution is 0.0960. The first-order valence-corrected chi connectivity index (χ1v) is 6.17. The van der Waals surface area contributed by atoms with Gasteiger partial charge in [-0.15, -0.1) is 0 Å². The van der Waals surface area contributed by atoms with Gasteiger partial charge in [-0.2, -0.15) is 0 Å². The fourth-order valence-corrected chi connectivity index (χ4v) is 2.05. The average Bonchev–Trinajstić information content (AvgIpc) is 2.37. The van der Waals surface area contributed by atoms with Crippen molar-refractivity contribution in [2.24, 2.45) is 5.73 Å². The molecule has 19 heavy (non-hydrogen) atoms. The summed E-state index contributed by atoms with van der Waals surface area (Å²) in [6.07, 6.45) is 0.454. The Labute approximate surface area is 112 Å². The Kier molecular flexibility index (Phi) is 4.07. The molecule has 0 radical (unpaired) electrons. The summed E-state index contributed by atoms with van der Waals surface area (Å²) >= 11 is 0. The van der Waals surface area contributed by atoms with Gasteiger partial charge in [-0.25, -0.2) is 4.39 Å². The zero-order valence-electron chi connectivity index (χ0n) is 10.8. The molecular weight excluding hydrogens is 241 g/mol. The molecule has 98 valence electrons. The highest BCUT2D eigenvalue weighted by molar-refractivity contribution is 6.00. The fraction of sp³-hybridized carbons (Fsp3) is 0.188. The standard InChI is InChI=1S/C16H16FNO/c1-11-7-13(10-14(17)8-11)16(19)15(18)9-12-5-3-2-4-6-12/h2-8,10,15H,9,18H2,1H3. The van der Waals surface area contributed by atoms with Gasteiger partial charge in [0.25, 0.3) is 0 Å². The molecule has 0 bridgehead atoms. The number of carbonyl (C=O) groups excluding carboxylic acids is 1. The van der Waals surface area contributed by atoms with Crippen molar-refractivity contribution in [3.05, 3.63) is 71.0 Å². The predicted molar refractivity (Wildman–Crippen MR) is 73.6 cm³/mol. The second-order valence-electron chi connectivity index (χ2n) is 4.68. The lowest BCUT2D eigenvalue weighted by atomic mass is 9.97. The number of aryl methyl sites for hydroxylation is 1. The molecule has 3 heteroatoms. The summed E-state index contributed by atoms with van der Waals surface area (Å²) in [5.74, 6) is -0.637. The summed E-state index contributed by atoms with van der Waals surface area (Å²) in [5.41, 5.74) is 7.96. The number of halogens is 1. The fourth-order valence-electron chi connectivity index (χ4n) is 2.05. The van der Waals surface area contributed by atoms with Crippen LogP contribution in [-0.2, 0) is 6.42 Å². The van der Waals surface area contributed by atoms with Crippen LogP contribution in [0, 0.1) is 12.7 Å². The smallest absolute Gasteiger partial charge is 0.179 e. The van der Waals surface area contributed by atoms with Crippen molar-refractivity contribution >= 4 is 5.78 Å². The monoisotopic (exact) mass is 257 g/mol. The Balaban J connectivity index is 2.15. The van der Waals surface area contributed by atoms with E-state index in [4.69, 9.17) is 5.73 Å². The summed E-state index contributed by atoms with van der Waals surface area (Å²) in [6, 6.07) is 13.2. The van der Waals surface area contributed by atoms with Gasteiger partial charge >= 0.3 is 0 Å². The van der Waals surface area contributed by atoms with Crippen LogP contribution in [0.25, 0.3) is 0 Å². The van der Waals surface area contributed by atoms with E-state index in [1.165, 1.54) is 12.1 Å². The Morgan fingerprint density at radius 1 is 1.21 bits per heavy atom. The van der Waals surface area contributed by atoms with Crippen LogP contribution in [0.2, 0.25) is 0 Å². The third-order valence-corrected chi connectivity index (χ3v) is 2.96. The Hall–Kier alpha value is -2.00. The second-order valence-corrected chi connectivity index (χ2v) is 4.68. The summed E-state index contributed by atoms with van der Waals surface area (Å²) in [7, 11) is 0. The van der Waals surface area contributed by atoms with Crippen LogP contribution in [0.4, 0.5) is 4.39 Å². The number of ketones is 1. The van der Waals surface area contributed by atoms with E-state index in [9.17, 15) is 9.18 Å². The number of Topliss-reactive ketones (excluding diaryl/α,β-unsaturated/α-hetero) is 1. The van der Waals surface area contributed by atoms with Gasteiger partial charge in [-0.05, 0) is 42.7 Å². The molecular formula is C16H16FNO. The Bertz CT molecular complexity index is 560. The van der Waals surface area contributed by atoms with Crippen molar-refractivity contribution in [2.45, 2.75) is 19.4 Å². The molecule has 2 aromatic rings. The molecule has 0 saturated carbocycles. The second kappa shape index (κ2) is 5.76. The summed E-state index contributed by atoms with van der Waals surface area (Å²) in [5, 5.41) is 0. The molecule has 0 heterocycles. The van der Waals surface area contributed by atoms with E-state index in [0.717, 1.165) is 11.1 Å². The highest BCUT2D eigenvalue weighted by Gasteiger charge is 2.17. The molecule has 0 amide bonds. The Morgan fingerprint density at radius 2 is 1.89 bits per heavy atom. The number of benzene rings is 2. The van der Waals surface area contributed by atoms with E-state index < -0.39 is 11.9 Å². The van der Waals surface area contributed by atoms with Crippen LogP contribution >= 0.6 is 0 Å². The van der Waals surface area contributed by atoms with Crippen LogP contribution in [0.15, 0.2) is 48.5 Å². The van der Waals surface area contributed by atoms with Gasteiger partial charge in [0.2, 0.25) is 0 Å². The van der Waals surface area contributed by atoms with Crippen molar-refractivity contribution < 1.29 is 9.18 Å². The average molecular weight is 257 g/mol. The van der Waals surface area contributed by atoms with Crippen molar-refractivity contribution in [1.29, 1.82) is 0 Å². The predicted octanol–water partition coefficient (Wildman–Crippen LogP) is 2.89. The topological polar surface area (TPSA) is 43.1 Å². The van der Waals surface area contributed by atoms with E-state index in [2.05, 4.69) is 0 Å². The van der Waals surface area contributed by atoms with E-state index in [-0.39, 0.29) is 5.78 Å². The SMILES string of the molecule is Cc1cc(F)cc(C(=O)C(N)Cc2ccccc2)c1. The molecule has 0 fully saturated rings. The minimum absolute atomic E-state index is 0.230. The van der Waals surface area contributed by atoms with E-state index in [0.29, 0.717) is 12.0 Å². The summed E-state index contributed by atoms with van der Waals surface area (Å²) in [6.45, 7) is 1.75. The molecule has 0 spiro atoms. The lowest BCUT2D eigenvalue weighted by Gasteiger charge is -2.11. The quantitative estimate of drug-likeness (QED) is 0.856. The molecule has 2 nitrogen and oxygen atoms in total. The van der Waals surface area contributed by atoms with Gasteiger partial charge in [-0.3, -0.25) is 4.79 Å². The van der Waals surface area contributed by atoms with Gasteiger partial charge in [-0.1, -0.05) is 30.3 Å². The first-order chi connectivity index (χ1) is 9.06. The maximum Gasteiger partial charge on any atom is 0.179 e. The number of carbonyl (C=O) groups is 1. The van der Waals surface area contributed by atoms with Crippen LogP contribution < -0.4 is 5.73 Å². The molecule has 1 atom stereocenters. The lowest BCUT2D eigenvalue weighted by Crippen LogP contribution is -2.32. The van der Waals surface area contributed by atoms with Gasteiger partial charge in [0.1, 0.15) is 5.82 Å². The summed E-state index contributed by atoms with van der Waals surface area (Å²) < 4.78 is 13.3. The first-order valence-electron chi connectivity index (χ1n) is 6.17. The third-order valence-electron chi connectivity index (χ3n) is 2.96. The zero-order valence-corrected chi connectivity index (χ0v) is 10.8. The third kappa shape index (κ3) is 3.48. The molecule has 0 aliphatic carbocycles. The molecule has 1 unspecified atom stereocenters. The van der Waals surface area contributed by atoms with Crippen LogP contribution in [0.3, 0.4) is 0 Å². The van der Waals surface area contributed by atoms with Crippen LogP contribution in [0.1, 0.15) is 21.5 Å². The van der Waals surface area contributed by atoms with Crippen molar-refractivity contribution in [3.8, 4) is 0 Å². The largest absolute Gasteiger partial charge is 0.321 e. The van der Waals surface area contributed by atoms with Crippen LogP contribution in [0.5, 0.6) is 0 Å². The van der Waals surface area contributed by atoms with E-state index >= 15 is 0 Å². The molecule has 2 rings (SSSR count). The van der Waals surface area contributed by atoms with Crippen LogP contribution in [-0.4, -0.2) is 11.8 Å². The molecule has 0 aliphatic rings. The van der Waals surface area contributed by atoms with E-state index in [1.807, 2.05) is 30.3 Å². The van der Waals surface area contributed by atoms with Crippen molar-refractivity contribution in [3.63, 3.8) is 0 Å². The number of hydrogen-bond acceptors (Lipinski definition) is 2. The number of rotatable bonds is 4. The van der Waals surface area contributed by atoms with Crippen molar-refractivity contribution in [2.75, 3.05) is 0 Å². The molecule has 2 aromatic carbocycles. The maximum atomic E-state index is 13.3. The number of hydrogen-bond donors (Lipinski definition) is 1. The molecule has 0 aromatic heterocycles. The molecule has 0 saturated heterocycles. The van der Waals surface area contributed by atoms with Crippen molar-refractivity contribution in [1.82, 2.24) is 0 Å². The van der Waals surface area contributed by atoms with Gasteiger partial charge in [0.05, 0.1) is 6.04 Å². The maximum absolute atomic E-state index is 13.3. The van der Waals surface area contributed by atoms with Gasteiger partial charge in [0.15, 0.2) is 5.78 Å². The minimum Gasteiger partial charge on any atom is -0.321 e. The van der Waals surface area contributed by atoms with Gasteiger partial charge in [0, 0.05) is 5.56 Å². The van der Waals surface area contributed by atoms with E-state index in [1.54, 1.807) is 13.0 Å². The highest BCUT2D eigenvalue weighted by atomic mass is 19.1. The first kappa shape index (κ1) is 13.4. The summed E-state index contributed by atoms with van der Waals surface area (Å²) in [4.78, 5) is 12.2. The highest BCUT2D eigenvalue weighted by Crippen LogP contribution is 2.12. The normalized spacial score (nSPS) is 12.2. The molecule has 0 aliphatic heterocycles. The number of nitrogens with two attached hydrogens (primary N) is 1. The van der Waals surface area contributed by atoms with Gasteiger partial charge < -0.3 is 5.73 Å². The Morgan fingerprint density at radius 3 is 2.53 bits per heavy atom. The zero-order chi connectivity index (χ0) is 13.8. The molecule has 2 N–H and O–H groups in total.